The van der Waals surface area contributed by atoms with Crippen LogP contribution < -0.4 is 5.32 Å². The first-order valence-electron chi connectivity index (χ1n) is 6.28. The molecule has 0 aromatic heterocycles. The fraction of sp³-hybridized carbons (Fsp3) is 0.846. The summed E-state index contributed by atoms with van der Waals surface area (Å²) >= 11 is 0. The van der Waals surface area contributed by atoms with Crippen LogP contribution in [0.15, 0.2) is 12.2 Å². The van der Waals surface area contributed by atoms with Crippen molar-refractivity contribution >= 4 is 0 Å². The summed E-state index contributed by atoms with van der Waals surface area (Å²) in [5.41, 5.74) is 0. The Kier molecular flexibility index (Phi) is 6.69. The Morgan fingerprint density at radius 3 is 3.00 bits per heavy atom. The number of methoxy groups -OCH3 is 1. The lowest BCUT2D eigenvalue weighted by molar-refractivity contribution is 0.157. The van der Waals surface area contributed by atoms with Crippen LogP contribution in [0.1, 0.15) is 45.4 Å². The van der Waals surface area contributed by atoms with E-state index in [1.165, 1.54) is 38.5 Å². The first-order valence-corrected chi connectivity index (χ1v) is 6.28. The van der Waals surface area contributed by atoms with Gasteiger partial charge < -0.3 is 10.1 Å². The van der Waals surface area contributed by atoms with Crippen molar-refractivity contribution in [1.82, 2.24) is 5.32 Å². The Labute approximate surface area is 94.1 Å². The zero-order valence-corrected chi connectivity index (χ0v) is 10.2. The third kappa shape index (κ3) is 5.33. The molecule has 0 aromatic rings. The maximum atomic E-state index is 5.26. The van der Waals surface area contributed by atoms with Gasteiger partial charge in [-0.2, -0.15) is 0 Å². The van der Waals surface area contributed by atoms with Crippen molar-refractivity contribution in [2.24, 2.45) is 0 Å². The van der Waals surface area contributed by atoms with E-state index in [2.05, 4.69) is 24.4 Å². The molecule has 0 radical (unpaired) electrons. The lowest BCUT2D eigenvalue weighted by atomic mass is 10.0. The molecule has 0 amide bonds. The molecule has 88 valence electrons. The zero-order valence-electron chi connectivity index (χ0n) is 10.2. The minimum atomic E-state index is 0.530. The summed E-state index contributed by atoms with van der Waals surface area (Å²) < 4.78 is 5.26. The average molecular weight is 211 g/mol. The fourth-order valence-electron chi connectivity index (χ4n) is 2.12. The second-order valence-corrected chi connectivity index (χ2v) is 4.43. The van der Waals surface area contributed by atoms with Crippen LogP contribution in [0.3, 0.4) is 0 Å². The fourth-order valence-corrected chi connectivity index (χ4v) is 2.12. The highest BCUT2D eigenvalue weighted by atomic mass is 16.5. The molecule has 2 heteroatoms. The molecule has 0 saturated heterocycles. The van der Waals surface area contributed by atoms with Gasteiger partial charge in [-0.3, -0.25) is 0 Å². The Balaban J connectivity index is 2.28. The maximum Gasteiger partial charge on any atom is 0.0616 e. The first kappa shape index (κ1) is 12.7. The van der Waals surface area contributed by atoms with Gasteiger partial charge in [0, 0.05) is 19.2 Å². The topological polar surface area (TPSA) is 21.3 Å². The van der Waals surface area contributed by atoms with Crippen molar-refractivity contribution in [1.29, 1.82) is 0 Å². The lowest BCUT2D eigenvalue weighted by Crippen LogP contribution is -2.40. The van der Waals surface area contributed by atoms with Gasteiger partial charge in [-0.1, -0.05) is 31.9 Å². The Hall–Kier alpha value is -0.340. The molecule has 0 aromatic carbocycles. The van der Waals surface area contributed by atoms with Crippen molar-refractivity contribution in [3.63, 3.8) is 0 Å². The summed E-state index contributed by atoms with van der Waals surface area (Å²) in [6.45, 7) is 3.08. The van der Waals surface area contributed by atoms with Crippen molar-refractivity contribution < 1.29 is 4.74 Å². The summed E-state index contributed by atoms with van der Waals surface area (Å²) in [4.78, 5) is 0. The summed E-state index contributed by atoms with van der Waals surface area (Å²) in [5.74, 6) is 0. The van der Waals surface area contributed by atoms with E-state index in [0.717, 1.165) is 6.61 Å². The highest BCUT2D eigenvalue weighted by Crippen LogP contribution is 2.12. The predicted molar refractivity (Wildman–Crippen MR) is 65.1 cm³/mol. The van der Waals surface area contributed by atoms with Crippen LogP contribution in [0.5, 0.6) is 0 Å². The molecule has 0 heterocycles. The summed E-state index contributed by atoms with van der Waals surface area (Å²) in [7, 11) is 1.79. The van der Waals surface area contributed by atoms with Crippen molar-refractivity contribution in [2.75, 3.05) is 13.7 Å². The van der Waals surface area contributed by atoms with Gasteiger partial charge in [0.25, 0.3) is 0 Å². The normalized spacial score (nSPS) is 22.9. The number of hydrogen-bond donors (Lipinski definition) is 1. The van der Waals surface area contributed by atoms with Crippen LogP contribution in [0.25, 0.3) is 0 Å². The van der Waals surface area contributed by atoms with E-state index in [0.29, 0.717) is 12.1 Å². The third-order valence-corrected chi connectivity index (χ3v) is 2.98. The van der Waals surface area contributed by atoms with E-state index in [1.54, 1.807) is 7.11 Å². The first-order chi connectivity index (χ1) is 7.36. The molecule has 1 aliphatic carbocycles. The summed E-state index contributed by atoms with van der Waals surface area (Å²) in [5, 5.41) is 3.68. The molecule has 1 rings (SSSR count). The molecule has 2 atom stereocenters. The van der Waals surface area contributed by atoms with Crippen LogP contribution in [0.2, 0.25) is 0 Å². The van der Waals surface area contributed by atoms with Gasteiger partial charge in [0.15, 0.2) is 0 Å². The van der Waals surface area contributed by atoms with Gasteiger partial charge >= 0.3 is 0 Å². The smallest absolute Gasteiger partial charge is 0.0616 e. The van der Waals surface area contributed by atoms with Gasteiger partial charge in [-0.15, -0.1) is 0 Å². The Morgan fingerprint density at radius 1 is 1.53 bits per heavy atom. The molecular formula is C13H25NO. The number of rotatable bonds is 7. The van der Waals surface area contributed by atoms with Crippen LogP contribution in [0.4, 0.5) is 0 Å². The number of ether oxygens (including phenoxy) is 1. The molecule has 0 fully saturated rings. The van der Waals surface area contributed by atoms with Gasteiger partial charge in [-0.05, 0) is 25.7 Å². The minimum Gasteiger partial charge on any atom is -0.383 e. The maximum absolute atomic E-state index is 5.26. The zero-order chi connectivity index (χ0) is 10.9. The quantitative estimate of drug-likeness (QED) is 0.654. The minimum absolute atomic E-state index is 0.530. The highest BCUT2D eigenvalue weighted by Gasteiger charge is 2.14. The van der Waals surface area contributed by atoms with Crippen LogP contribution in [-0.4, -0.2) is 25.8 Å². The standard InChI is InChI=1S/C13H25NO/c1-3-4-8-13(11-15-2)14-12-9-6-5-7-10-12/h6,9,12-14H,3-5,7-8,10-11H2,1-2H3. The monoisotopic (exact) mass is 211 g/mol. The highest BCUT2D eigenvalue weighted by molar-refractivity contribution is 4.98. The molecule has 1 aliphatic rings. The number of allylic oxidation sites excluding steroid dienone is 1. The molecule has 0 saturated carbocycles. The predicted octanol–water partition coefficient (Wildman–Crippen LogP) is 2.89. The molecule has 15 heavy (non-hydrogen) atoms. The number of hydrogen-bond acceptors (Lipinski definition) is 2. The lowest BCUT2D eigenvalue weighted by Gasteiger charge is -2.25. The molecule has 2 nitrogen and oxygen atoms in total. The third-order valence-electron chi connectivity index (χ3n) is 2.98. The van der Waals surface area contributed by atoms with Gasteiger partial charge in [-0.25, -0.2) is 0 Å². The number of unbranched alkanes of at least 4 members (excludes halogenated alkanes) is 1. The average Bonchev–Trinajstić information content (AvgIpc) is 2.28. The van der Waals surface area contributed by atoms with E-state index in [-0.39, 0.29) is 0 Å². The Morgan fingerprint density at radius 2 is 2.40 bits per heavy atom. The molecule has 1 N–H and O–H groups in total. The van der Waals surface area contributed by atoms with Crippen molar-refractivity contribution in [3.05, 3.63) is 12.2 Å². The van der Waals surface area contributed by atoms with E-state index in [1.807, 2.05) is 0 Å². The SMILES string of the molecule is CCCCC(COC)NC1C=CCCC1. The molecule has 2 unspecified atom stereocenters. The summed E-state index contributed by atoms with van der Waals surface area (Å²) in [6.07, 6.45) is 12.3. The van der Waals surface area contributed by atoms with E-state index in [9.17, 15) is 0 Å². The molecule has 0 spiro atoms. The second kappa shape index (κ2) is 7.89. The summed E-state index contributed by atoms with van der Waals surface area (Å²) in [6, 6.07) is 1.11. The van der Waals surface area contributed by atoms with Crippen LogP contribution >= 0.6 is 0 Å². The van der Waals surface area contributed by atoms with Gasteiger partial charge in [0.2, 0.25) is 0 Å². The second-order valence-electron chi connectivity index (χ2n) is 4.43. The van der Waals surface area contributed by atoms with Crippen molar-refractivity contribution in [3.8, 4) is 0 Å². The number of nitrogens with one attached hydrogen (secondary N) is 1. The van der Waals surface area contributed by atoms with E-state index < -0.39 is 0 Å². The van der Waals surface area contributed by atoms with E-state index >= 15 is 0 Å². The molecule has 0 bridgehead atoms. The largest absolute Gasteiger partial charge is 0.383 e. The van der Waals surface area contributed by atoms with E-state index in [4.69, 9.17) is 4.74 Å². The van der Waals surface area contributed by atoms with Crippen LogP contribution in [0, 0.1) is 0 Å². The van der Waals surface area contributed by atoms with Gasteiger partial charge in [0.1, 0.15) is 0 Å². The molecular weight excluding hydrogens is 186 g/mol. The Bertz CT molecular complexity index is 179. The van der Waals surface area contributed by atoms with Crippen molar-refractivity contribution in [2.45, 2.75) is 57.5 Å². The van der Waals surface area contributed by atoms with Gasteiger partial charge in [0.05, 0.1) is 6.61 Å². The molecule has 0 aliphatic heterocycles. The van der Waals surface area contributed by atoms with Crippen LogP contribution in [-0.2, 0) is 4.74 Å².